The maximum atomic E-state index is 11.7. The minimum absolute atomic E-state index is 0. The van der Waals surface area contributed by atoms with E-state index in [4.69, 9.17) is 14.4 Å². The molecule has 0 unspecified atom stereocenters. The van der Waals surface area contributed by atoms with E-state index in [9.17, 15) is 4.79 Å². The van der Waals surface area contributed by atoms with Gasteiger partial charge in [-0.05, 0) is 13.3 Å². The molecule has 0 atom stereocenters. The van der Waals surface area contributed by atoms with E-state index in [0.717, 1.165) is 24.2 Å². The molecular weight excluding hydrogens is 398 g/mol. The van der Waals surface area contributed by atoms with Crippen LogP contribution in [0.25, 0.3) is 0 Å². The van der Waals surface area contributed by atoms with Crippen LogP contribution in [0, 0.1) is 27.7 Å². The standard InChI is InChI=1S/C12H15N4O2.C2H3O2.C2H5.Rb/c1-3-4-9-6-11(15-14-9)13-12(17)7-10-5-8(2)16-18-10;1-2(3)4;1-2;/h5-6H,1,3-4,7H2,2H3,(H2,13,14,15,17);1H2,(H,3,4);1H2,2H3;/q3*-1;+1. The van der Waals surface area contributed by atoms with Crippen LogP contribution in [0.2, 0.25) is 0 Å². The molecule has 2 rings (SSSR count). The number of carbonyl (C=O) groups excluding carboxylic acids is 1. The van der Waals surface area contributed by atoms with Crippen LogP contribution in [0.15, 0.2) is 16.7 Å². The third-order valence-corrected chi connectivity index (χ3v) is 2.36. The minimum Gasteiger partial charge on any atom is -0.503 e. The van der Waals surface area contributed by atoms with Crippen molar-refractivity contribution >= 4 is 17.7 Å². The molecular formula is C16H23N4O4Rb-2. The number of carboxylic acids is 1. The number of aromatic amines is 1. The second-order valence-corrected chi connectivity index (χ2v) is 4.44. The summed E-state index contributed by atoms with van der Waals surface area (Å²) in [4.78, 5) is 20.6. The number of H-pyrrole nitrogens is 1. The Morgan fingerprint density at radius 1 is 1.36 bits per heavy atom. The fourth-order valence-electron chi connectivity index (χ4n) is 1.59. The number of carboxylic acid groups (broad SMARTS) is 1. The average molecular weight is 421 g/mol. The third kappa shape index (κ3) is 13.0. The van der Waals surface area contributed by atoms with E-state index in [1.165, 1.54) is 0 Å². The predicted molar refractivity (Wildman–Crippen MR) is 89.9 cm³/mol. The van der Waals surface area contributed by atoms with Gasteiger partial charge in [0, 0.05) is 17.8 Å². The molecule has 0 radical (unpaired) electrons. The molecule has 8 nitrogen and oxygen atoms in total. The van der Waals surface area contributed by atoms with Gasteiger partial charge in [-0.15, -0.1) is 0 Å². The van der Waals surface area contributed by atoms with Crippen LogP contribution < -0.4 is 63.5 Å². The van der Waals surface area contributed by atoms with Gasteiger partial charge < -0.3 is 28.8 Å². The Labute approximate surface area is 196 Å². The summed E-state index contributed by atoms with van der Waals surface area (Å²) in [6.45, 7) is 13.1. The Balaban J connectivity index is 0. The van der Waals surface area contributed by atoms with Crippen molar-refractivity contribution in [3.63, 3.8) is 0 Å². The van der Waals surface area contributed by atoms with Crippen molar-refractivity contribution in [1.29, 1.82) is 0 Å². The van der Waals surface area contributed by atoms with Crippen molar-refractivity contribution in [2.75, 3.05) is 5.32 Å². The van der Waals surface area contributed by atoms with Crippen molar-refractivity contribution in [3.05, 3.63) is 50.1 Å². The molecule has 9 heteroatoms. The van der Waals surface area contributed by atoms with Crippen molar-refractivity contribution in [2.45, 2.75) is 33.1 Å². The van der Waals surface area contributed by atoms with Crippen LogP contribution >= 0.6 is 0 Å². The van der Waals surface area contributed by atoms with Gasteiger partial charge in [-0.2, -0.15) is 18.4 Å². The molecule has 2 heterocycles. The van der Waals surface area contributed by atoms with E-state index in [2.05, 4.69) is 41.4 Å². The predicted octanol–water partition coefficient (Wildman–Crippen LogP) is -0.597. The molecule has 2 aromatic rings. The first-order valence-electron chi connectivity index (χ1n) is 7.22. The van der Waals surface area contributed by atoms with Gasteiger partial charge in [0.2, 0.25) is 5.91 Å². The third-order valence-electron chi connectivity index (χ3n) is 2.36. The van der Waals surface area contributed by atoms with E-state index in [0.29, 0.717) is 11.6 Å². The number of hydrogen-bond donors (Lipinski definition) is 3. The maximum Gasteiger partial charge on any atom is 1.00 e. The number of aliphatic carboxylic acids is 1. The van der Waals surface area contributed by atoms with Crippen molar-refractivity contribution in [3.8, 4) is 0 Å². The van der Waals surface area contributed by atoms with Crippen LogP contribution in [-0.4, -0.2) is 32.3 Å². The Morgan fingerprint density at radius 3 is 2.44 bits per heavy atom. The number of aromatic nitrogens is 3. The molecule has 0 bridgehead atoms. The monoisotopic (exact) mass is 420 g/mol. The normalized spacial score (nSPS) is 8.80. The molecule has 0 saturated carbocycles. The van der Waals surface area contributed by atoms with Crippen LogP contribution in [0.3, 0.4) is 0 Å². The van der Waals surface area contributed by atoms with E-state index in [-0.39, 0.29) is 70.5 Å². The van der Waals surface area contributed by atoms with E-state index in [1.807, 2.05) is 6.92 Å². The fourth-order valence-corrected chi connectivity index (χ4v) is 1.59. The summed E-state index contributed by atoms with van der Waals surface area (Å²) < 4.78 is 4.97. The first-order chi connectivity index (χ1) is 11.4. The Morgan fingerprint density at radius 2 is 1.96 bits per heavy atom. The molecule has 0 aromatic carbocycles. The summed E-state index contributed by atoms with van der Waals surface area (Å²) >= 11 is 0. The van der Waals surface area contributed by atoms with Crippen molar-refractivity contribution < 1.29 is 77.4 Å². The zero-order valence-electron chi connectivity index (χ0n) is 15.0. The van der Waals surface area contributed by atoms with Gasteiger partial charge in [-0.3, -0.25) is 21.6 Å². The fraction of sp³-hybridized carbons (Fsp3) is 0.312. The number of hydrogen-bond acceptors (Lipinski definition) is 5. The molecule has 25 heavy (non-hydrogen) atoms. The largest absolute Gasteiger partial charge is 1.00 e. The molecule has 134 valence electrons. The smallest absolute Gasteiger partial charge is 0.503 e. The van der Waals surface area contributed by atoms with Crippen molar-refractivity contribution in [1.82, 2.24) is 15.4 Å². The van der Waals surface area contributed by atoms with Gasteiger partial charge in [-0.1, -0.05) is 5.16 Å². The number of aryl methyl sites for hydroxylation is 2. The maximum absolute atomic E-state index is 11.7. The number of nitrogens with zero attached hydrogens (tertiary/aromatic N) is 2. The number of amides is 1. The van der Waals surface area contributed by atoms with Crippen LogP contribution in [0.1, 0.15) is 30.5 Å². The first kappa shape index (κ1) is 26.3. The Hall–Kier alpha value is -0.965. The quantitative estimate of drug-likeness (QED) is 0.556. The minimum atomic E-state index is -1.08. The molecule has 0 aliphatic heterocycles. The first-order valence-corrected chi connectivity index (χ1v) is 7.22. The van der Waals surface area contributed by atoms with Gasteiger partial charge >= 0.3 is 58.2 Å². The number of carbonyl (C=O) groups is 2. The molecule has 1 amide bonds. The Bertz CT molecular complexity index is 621. The summed E-state index contributed by atoms with van der Waals surface area (Å²) in [5.74, 6) is -0.211. The van der Waals surface area contributed by atoms with Crippen molar-refractivity contribution in [2.24, 2.45) is 0 Å². The van der Waals surface area contributed by atoms with Gasteiger partial charge in [0.25, 0.3) is 0 Å². The summed E-state index contributed by atoms with van der Waals surface area (Å²) in [7, 11) is 0. The van der Waals surface area contributed by atoms with Crippen LogP contribution in [-0.2, 0) is 22.4 Å². The summed E-state index contributed by atoms with van der Waals surface area (Å²) in [6, 6.07) is 3.53. The van der Waals surface area contributed by atoms with Gasteiger partial charge in [0.05, 0.1) is 12.1 Å². The summed E-state index contributed by atoms with van der Waals surface area (Å²) in [6.07, 6.45) is 1.75. The van der Waals surface area contributed by atoms with Crippen LogP contribution in [0.4, 0.5) is 5.82 Å². The molecule has 0 aliphatic rings. The molecule has 3 N–H and O–H groups in total. The van der Waals surface area contributed by atoms with E-state index < -0.39 is 5.97 Å². The summed E-state index contributed by atoms with van der Waals surface area (Å²) in [5.41, 5.74) is 1.71. The topological polar surface area (TPSA) is 121 Å². The number of anilines is 1. The van der Waals surface area contributed by atoms with E-state index in [1.54, 1.807) is 19.1 Å². The molecule has 0 saturated heterocycles. The van der Waals surface area contributed by atoms with Gasteiger partial charge in [0.15, 0.2) is 11.8 Å². The van der Waals surface area contributed by atoms with Crippen LogP contribution in [0.5, 0.6) is 0 Å². The second kappa shape index (κ2) is 15.3. The zero-order valence-corrected chi connectivity index (χ0v) is 19.9. The second-order valence-electron chi connectivity index (χ2n) is 4.44. The SMILES string of the molecule is [CH2-]C.[CH2-]C(=O)O.[CH2-]CCc1cc(NC(=O)Cc2cc(C)no2)n[nH]1.[Rb+]. The van der Waals surface area contributed by atoms with Gasteiger partial charge in [0.1, 0.15) is 5.76 Å². The molecule has 0 aliphatic carbocycles. The zero-order chi connectivity index (χ0) is 18.5. The number of rotatable bonds is 5. The average Bonchev–Trinajstić information content (AvgIpc) is 3.10. The summed E-state index contributed by atoms with van der Waals surface area (Å²) in [5, 5.41) is 20.5. The Kier molecular flexibility index (Phi) is 16.1. The molecule has 2 aromatic heterocycles. The van der Waals surface area contributed by atoms with E-state index >= 15 is 0 Å². The number of nitrogens with one attached hydrogen (secondary N) is 2. The van der Waals surface area contributed by atoms with Gasteiger partial charge in [-0.25, -0.2) is 0 Å². The molecule has 0 fully saturated rings. The molecule has 0 spiro atoms.